The van der Waals surface area contributed by atoms with Gasteiger partial charge in [0.2, 0.25) is 0 Å². The predicted molar refractivity (Wildman–Crippen MR) is 77.4 cm³/mol. The van der Waals surface area contributed by atoms with Gasteiger partial charge >= 0.3 is 0 Å². The summed E-state index contributed by atoms with van der Waals surface area (Å²) in [6.07, 6.45) is 0. The quantitative estimate of drug-likeness (QED) is 0.337. The number of para-hydroxylation sites is 1. The van der Waals surface area contributed by atoms with Crippen LogP contribution in [0.15, 0.2) is 24.3 Å². The monoisotopic (exact) mass is 269 g/mol. The van der Waals surface area contributed by atoms with Crippen LogP contribution >= 0.6 is 11.8 Å². The summed E-state index contributed by atoms with van der Waals surface area (Å²) in [5.74, 6) is 1.84. The summed E-state index contributed by atoms with van der Waals surface area (Å²) in [7, 11) is -0.986. The first kappa shape index (κ1) is 14.2. The van der Waals surface area contributed by atoms with E-state index in [4.69, 9.17) is 0 Å². The van der Waals surface area contributed by atoms with Gasteiger partial charge in [0.1, 0.15) is 0 Å². The number of hydrogen-bond donors (Lipinski definition) is 0. The third kappa shape index (κ3) is 5.36. The molecular formula is C12H19NO2SSi. The Kier molecular flexibility index (Phi) is 5.20. The minimum atomic E-state index is -0.986. The molecule has 0 spiro atoms. The largest absolute Gasteiger partial charge is 0.273 e. The van der Waals surface area contributed by atoms with Crippen molar-refractivity contribution >= 4 is 25.5 Å². The summed E-state index contributed by atoms with van der Waals surface area (Å²) in [6.45, 7) is 7.04. The lowest BCUT2D eigenvalue weighted by Crippen LogP contribution is -2.19. The van der Waals surface area contributed by atoms with E-state index in [9.17, 15) is 10.1 Å². The first-order valence-electron chi connectivity index (χ1n) is 5.70. The van der Waals surface area contributed by atoms with E-state index in [0.29, 0.717) is 0 Å². The summed E-state index contributed by atoms with van der Waals surface area (Å²) in [5.41, 5.74) is 1.08. The Morgan fingerprint density at radius 2 is 1.94 bits per heavy atom. The summed E-state index contributed by atoms with van der Waals surface area (Å²) >= 11 is 1.80. The zero-order chi connectivity index (χ0) is 12.9. The molecule has 0 N–H and O–H groups in total. The van der Waals surface area contributed by atoms with Gasteiger partial charge < -0.3 is 0 Å². The second-order valence-electron chi connectivity index (χ2n) is 5.25. The molecule has 3 nitrogen and oxygen atoms in total. The molecule has 0 heterocycles. The number of nitro groups is 1. The topological polar surface area (TPSA) is 43.1 Å². The minimum absolute atomic E-state index is 0.244. The fourth-order valence-corrected chi connectivity index (χ4v) is 5.01. The van der Waals surface area contributed by atoms with Crippen molar-refractivity contribution in [3.8, 4) is 0 Å². The zero-order valence-electron chi connectivity index (χ0n) is 10.6. The van der Waals surface area contributed by atoms with E-state index in [0.717, 1.165) is 17.1 Å². The molecule has 0 radical (unpaired) electrons. The molecule has 0 aromatic heterocycles. The number of benzene rings is 1. The van der Waals surface area contributed by atoms with E-state index >= 15 is 0 Å². The highest BCUT2D eigenvalue weighted by Crippen LogP contribution is 2.24. The van der Waals surface area contributed by atoms with Gasteiger partial charge in [-0.2, -0.15) is 11.8 Å². The van der Waals surface area contributed by atoms with Gasteiger partial charge in [-0.25, -0.2) is 0 Å². The molecule has 0 fully saturated rings. The maximum atomic E-state index is 10.8. The summed E-state index contributed by atoms with van der Waals surface area (Å²) in [5, 5.41) is 10.8. The summed E-state index contributed by atoms with van der Waals surface area (Å²) in [6, 6.07) is 8.27. The zero-order valence-corrected chi connectivity index (χ0v) is 12.4. The second-order valence-corrected chi connectivity index (χ2v) is 12.0. The minimum Gasteiger partial charge on any atom is -0.258 e. The Bertz CT molecular complexity index is 390. The molecule has 17 heavy (non-hydrogen) atoms. The molecule has 5 heteroatoms. The molecule has 0 aliphatic heterocycles. The first-order valence-corrected chi connectivity index (χ1v) is 10.6. The Labute approximate surface area is 108 Å². The lowest BCUT2D eigenvalue weighted by molar-refractivity contribution is -0.385. The summed E-state index contributed by atoms with van der Waals surface area (Å²) < 4.78 is 0. The van der Waals surface area contributed by atoms with Gasteiger partial charge in [-0.3, -0.25) is 10.1 Å². The molecule has 94 valence electrons. The molecule has 0 amide bonds. The number of thioether (sulfide) groups is 1. The average molecular weight is 269 g/mol. The van der Waals surface area contributed by atoms with Gasteiger partial charge in [0, 0.05) is 25.5 Å². The van der Waals surface area contributed by atoms with E-state index in [1.807, 2.05) is 12.1 Å². The Morgan fingerprint density at radius 3 is 2.53 bits per heavy atom. The summed E-state index contributed by atoms with van der Waals surface area (Å²) in [4.78, 5) is 10.5. The van der Waals surface area contributed by atoms with Crippen molar-refractivity contribution in [2.75, 3.05) is 5.75 Å². The van der Waals surface area contributed by atoms with Crippen LogP contribution in [-0.4, -0.2) is 18.8 Å². The maximum Gasteiger partial charge on any atom is 0.273 e. The van der Waals surface area contributed by atoms with E-state index in [2.05, 4.69) is 19.6 Å². The van der Waals surface area contributed by atoms with Crippen molar-refractivity contribution < 1.29 is 4.92 Å². The van der Waals surface area contributed by atoms with Crippen molar-refractivity contribution in [2.45, 2.75) is 31.4 Å². The fourth-order valence-electron chi connectivity index (χ4n) is 1.37. The Hall–Kier alpha value is -0.813. The van der Waals surface area contributed by atoms with Crippen molar-refractivity contribution in [2.24, 2.45) is 0 Å². The van der Waals surface area contributed by atoms with Gasteiger partial charge in [-0.05, 0) is 11.8 Å². The van der Waals surface area contributed by atoms with E-state index < -0.39 is 8.07 Å². The molecule has 0 bridgehead atoms. The van der Waals surface area contributed by atoms with E-state index in [1.165, 1.54) is 6.04 Å². The van der Waals surface area contributed by atoms with E-state index in [-0.39, 0.29) is 10.6 Å². The fraction of sp³-hybridized carbons (Fsp3) is 0.500. The predicted octanol–water partition coefficient (Wildman–Crippen LogP) is 4.17. The third-order valence-corrected chi connectivity index (χ3v) is 5.56. The van der Waals surface area contributed by atoms with Crippen LogP contribution in [0.3, 0.4) is 0 Å². The van der Waals surface area contributed by atoms with Gasteiger partial charge in [0.05, 0.1) is 4.92 Å². The van der Waals surface area contributed by atoms with Crippen molar-refractivity contribution in [3.05, 3.63) is 39.9 Å². The highest BCUT2D eigenvalue weighted by molar-refractivity contribution is 7.98. The molecular weight excluding hydrogens is 250 g/mol. The van der Waals surface area contributed by atoms with Crippen LogP contribution < -0.4 is 0 Å². The second kappa shape index (κ2) is 6.21. The van der Waals surface area contributed by atoms with Crippen molar-refractivity contribution in [3.63, 3.8) is 0 Å². The SMILES string of the molecule is C[Si](C)(C)CCSCc1ccccc1[N+](=O)[O-]. The molecule has 0 saturated heterocycles. The van der Waals surface area contributed by atoms with Crippen LogP contribution in [0.1, 0.15) is 5.56 Å². The van der Waals surface area contributed by atoms with Crippen molar-refractivity contribution in [1.82, 2.24) is 0 Å². The number of nitro benzene ring substituents is 1. The lowest BCUT2D eigenvalue weighted by Gasteiger charge is -2.14. The molecule has 1 rings (SSSR count). The van der Waals surface area contributed by atoms with Crippen LogP contribution in [-0.2, 0) is 5.75 Å². The highest BCUT2D eigenvalue weighted by Gasteiger charge is 2.14. The molecule has 0 aliphatic carbocycles. The van der Waals surface area contributed by atoms with Crippen LogP contribution in [0.4, 0.5) is 5.69 Å². The highest BCUT2D eigenvalue weighted by atomic mass is 32.2. The maximum absolute atomic E-state index is 10.8. The molecule has 0 aliphatic rings. The number of hydrogen-bond acceptors (Lipinski definition) is 3. The number of rotatable bonds is 6. The van der Waals surface area contributed by atoms with Gasteiger partial charge in [0.15, 0.2) is 0 Å². The Morgan fingerprint density at radius 1 is 1.29 bits per heavy atom. The average Bonchev–Trinajstić information content (AvgIpc) is 2.23. The van der Waals surface area contributed by atoms with Crippen LogP contribution in [0, 0.1) is 10.1 Å². The van der Waals surface area contributed by atoms with Gasteiger partial charge in [-0.1, -0.05) is 37.8 Å². The lowest BCUT2D eigenvalue weighted by atomic mass is 10.2. The molecule has 1 aromatic rings. The van der Waals surface area contributed by atoms with Gasteiger partial charge in [0.25, 0.3) is 5.69 Å². The normalized spacial score (nSPS) is 11.5. The van der Waals surface area contributed by atoms with E-state index in [1.54, 1.807) is 23.9 Å². The molecule has 0 atom stereocenters. The molecule has 1 aromatic carbocycles. The third-order valence-electron chi connectivity index (χ3n) is 2.44. The molecule has 0 saturated carbocycles. The number of nitrogens with zero attached hydrogens (tertiary/aromatic N) is 1. The molecule has 0 unspecified atom stereocenters. The van der Waals surface area contributed by atoms with Crippen LogP contribution in [0.5, 0.6) is 0 Å². The smallest absolute Gasteiger partial charge is 0.258 e. The Balaban J connectivity index is 2.49. The van der Waals surface area contributed by atoms with Crippen molar-refractivity contribution in [1.29, 1.82) is 0 Å². The standard InChI is InChI=1S/C12H19NO2SSi/c1-17(2,3)9-8-16-10-11-6-4-5-7-12(11)13(14)15/h4-7H,8-10H2,1-3H3. The van der Waals surface area contributed by atoms with Crippen LogP contribution in [0.25, 0.3) is 0 Å². The van der Waals surface area contributed by atoms with Crippen LogP contribution in [0.2, 0.25) is 25.7 Å². The first-order chi connectivity index (χ1) is 7.90. The van der Waals surface area contributed by atoms with Gasteiger partial charge in [-0.15, -0.1) is 0 Å².